The third-order valence-electron chi connectivity index (χ3n) is 0.445. The molecule has 0 radical (unpaired) electrons. The Labute approximate surface area is 58.9 Å². The van der Waals surface area contributed by atoms with Crippen LogP contribution in [0.5, 0.6) is 0 Å². The summed E-state index contributed by atoms with van der Waals surface area (Å²) in [5.74, 6) is -1.65. The predicted octanol–water partition coefficient (Wildman–Crippen LogP) is -2.91. The molecule has 8 heavy (non-hydrogen) atoms. The van der Waals surface area contributed by atoms with Crippen molar-refractivity contribution < 1.29 is 39.6 Å². The number of aliphatic hydroxyl groups excluding tert-OH is 2. The molecule has 0 saturated heterocycles. The number of hydrogen-bond donors (Lipinski definition) is 2. The molecule has 44 valence electrons. The molecule has 0 heterocycles. The summed E-state index contributed by atoms with van der Waals surface area (Å²) < 4.78 is 0. The van der Waals surface area contributed by atoms with Crippen molar-refractivity contribution in [3.8, 4) is 0 Å². The van der Waals surface area contributed by atoms with Crippen LogP contribution in [0.25, 0.3) is 0 Å². The molecule has 0 aromatic rings. The number of carboxylic acid groups (broad SMARTS) is 1. The van der Waals surface area contributed by atoms with Crippen LogP contribution in [0.4, 0.5) is 0 Å². The van der Waals surface area contributed by atoms with Crippen LogP contribution in [-0.4, -0.2) is 28.9 Å². The Morgan fingerprint density at radius 3 is 2.12 bits per heavy atom. The molecule has 1 atom stereocenters. The third-order valence-corrected chi connectivity index (χ3v) is 0.445. The van der Waals surface area contributed by atoms with Crippen LogP contribution >= 0.6 is 0 Å². The Morgan fingerprint density at radius 1 is 1.75 bits per heavy atom. The number of carbonyl (C=O) groups excluding carboxylic acids is 1. The first-order chi connectivity index (χ1) is 3.18. The van der Waals surface area contributed by atoms with E-state index in [-0.39, 0.29) is 19.5 Å². The van der Waals surface area contributed by atoms with Gasteiger partial charge in [0, 0.05) is 19.5 Å². The molecule has 0 aliphatic heterocycles. The van der Waals surface area contributed by atoms with Crippen molar-refractivity contribution in [3.05, 3.63) is 0 Å². The molecule has 2 N–H and O–H groups in total. The average molecular weight is 170 g/mol. The van der Waals surface area contributed by atoms with Crippen LogP contribution < -0.4 is 5.11 Å². The van der Waals surface area contributed by atoms with Gasteiger partial charge in [-0.2, -0.15) is 0 Å². The van der Waals surface area contributed by atoms with Gasteiger partial charge in [0.2, 0.25) is 0 Å². The Balaban J connectivity index is 0. The van der Waals surface area contributed by atoms with Crippen molar-refractivity contribution in [2.45, 2.75) is 6.10 Å². The van der Waals surface area contributed by atoms with Gasteiger partial charge in [-0.25, -0.2) is 0 Å². The Morgan fingerprint density at radius 2 is 2.12 bits per heavy atom. The zero-order chi connectivity index (χ0) is 5.86. The number of rotatable bonds is 2. The van der Waals surface area contributed by atoms with E-state index in [0.29, 0.717) is 0 Å². The topological polar surface area (TPSA) is 80.6 Å². The zero-order valence-electron chi connectivity index (χ0n) is 4.20. The Hall–Kier alpha value is 0.0134. The van der Waals surface area contributed by atoms with E-state index in [4.69, 9.17) is 10.2 Å². The second-order valence-electron chi connectivity index (χ2n) is 1.02. The fourth-order valence-corrected chi connectivity index (χ4v) is 0.0745. The van der Waals surface area contributed by atoms with Crippen molar-refractivity contribution >= 4 is 5.97 Å². The minimum atomic E-state index is -1.74. The first-order valence-electron chi connectivity index (χ1n) is 1.68. The summed E-state index contributed by atoms with van der Waals surface area (Å²) in [7, 11) is 0. The van der Waals surface area contributed by atoms with Gasteiger partial charge in [0.1, 0.15) is 6.10 Å². The largest absolute Gasteiger partial charge is 0.547 e. The number of hydrogen-bond acceptors (Lipinski definition) is 4. The molecule has 0 aliphatic carbocycles. The number of carbonyl (C=O) groups is 1. The number of aliphatic carboxylic acids is 1. The van der Waals surface area contributed by atoms with E-state index >= 15 is 0 Å². The molecule has 0 aromatic heterocycles. The summed E-state index contributed by atoms with van der Waals surface area (Å²) in [6.07, 6.45) is -1.74. The molecule has 0 aliphatic rings. The molecule has 0 aromatic carbocycles. The molecule has 0 saturated carbocycles. The summed E-state index contributed by atoms with van der Waals surface area (Å²) in [6.45, 7) is -0.789. The van der Waals surface area contributed by atoms with Gasteiger partial charge in [-0.15, -0.1) is 0 Å². The third kappa shape index (κ3) is 4.18. The molecule has 0 rings (SSSR count). The van der Waals surface area contributed by atoms with Crippen LogP contribution in [0.1, 0.15) is 0 Å². The summed E-state index contributed by atoms with van der Waals surface area (Å²) in [5.41, 5.74) is 0. The first kappa shape index (κ1) is 10.9. The molecule has 4 nitrogen and oxygen atoms in total. The van der Waals surface area contributed by atoms with E-state index in [9.17, 15) is 9.90 Å². The van der Waals surface area contributed by atoms with Crippen LogP contribution in [0.2, 0.25) is 0 Å². The van der Waals surface area contributed by atoms with E-state index in [0.717, 1.165) is 0 Å². The summed E-state index contributed by atoms with van der Waals surface area (Å²) in [5, 5.41) is 25.3. The Bertz CT molecular complexity index is 73.7. The molecular weight excluding hydrogens is 165 g/mol. The maximum absolute atomic E-state index is 9.41. The summed E-state index contributed by atoms with van der Waals surface area (Å²) in [4.78, 5) is 9.41. The van der Waals surface area contributed by atoms with Crippen molar-refractivity contribution in [2.24, 2.45) is 0 Å². The number of carboxylic acids is 1. The van der Waals surface area contributed by atoms with Crippen molar-refractivity contribution in [3.63, 3.8) is 0 Å². The molecular formula is C3H5O4Zn-. The maximum Gasteiger partial charge on any atom is 0.116 e. The van der Waals surface area contributed by atoms with Crippen LogP contribution in [-0.2, 0) is 24.3 Å². The SMILES string of the molecule is O=C([O-])C(O)CO.[Zn]. The summed E-state index contributed by atoms with van der Waals surface area (Å²) in [6, 6.07) is 0. The average Bonchev–Trinajstić information content (AvgIpc) is 1.65. The van der Waals surface area contributed by atoms with E-state index in [1.165, 1.54) is 0 Å². The molecule has 0 bridgehead atoms. The molecule has 0 spiro atoms. The molecule has 1 unspecified atom stereocenters. The number of aliphatic hydroxyl groups is 2. The van der Waals surface area contributed by atoms with E-state index in [1.807, 2.05) is 0 Å². The van der Waals surface area contributed by atoms with Gasteiger partial charge in [0.05, 0.1) is 12.6 Å². The fourth-order valence-electron chi connectivity index (χ4n) is 0.0745. The van der Waals surface area contributed by atoms with Gasteiger partial charge >= 0.3 is 0 Å². The predicted molar refractivity (Wildman–Crippen MR) is 18.1 cm³/mol. The maximum atomic E-state index is 9.41. The second-order valence-corrected chi connectivity index (χ2v) is 1.02. The van der Waals surface area contributed by atoms with E-state index in [2.05, 4.69) is 0 Å². The van der Waals surface area contributed by atoms with Crippen LogP contribution in [0.15, 0.2) is 0 Å². The fraction of sp³-hybridized carbons (Fsp3) is 0.667. The van der Waals surface area contributed by atoms with Crippen molar-refractivity contribution in [2.75, 3.05) is 6.61 Å². The van der Waals surface area contributed by atoms with E-state index < -0.39 is 18.7 Å². The Kier molecular flexibility index (Phi) is 7.03. The van der Waals surface area contributed by atoms with Crippen molar-refractivity contribution in [1.82, 2.24) is 0 Å². The van der Waals surface area contributed by atoms with Gasteiger partial charge in [-0.3, -0.25) is 0 Å². The summed E-state index contributed by atoms with van der Waals surface area (Å²) >= 11 is 0. The van der Waals surface area contributed by atoms with E-state index in [1.54, 1.807) is 0 Å². The zero-order valence-corrected chi connectivity index (χ0v) is 7.17. The monoisotopic (exact) mass is 169 g/mol. The van der Waals surface area contributed by atoms with Crippen LogP contribution in [0.3, 0.4) is 0 Å². The van der Waals surface area contributed by atoms with Gasteiger partial charge in [-0.1, -0.05) is 0 Å². The second kappa shape index (κ2) is 5.16. The normalized spacial score (nSPS) is 11.8. The molecule has 0 amide bonds. The van der Waals surface area contributed by atoms with Gasteiger partial charge < -0.3 is 20.1 Å². The first-order valence-corrected chi connectivity index (χ1v) is 1.68. The smallest absolute Gasteiger partial charge is 0.116 e. The molecule has 5 heteroatoms. The van der Waals surface area contributed by atoms with Gasteiger partial charge in [-0.05, 0) is 0 Å². The van der Waals surface area contributed by atoms with Gasteiger partial charge in [0.25, 0.3) is 0 Å². The van der Waals surface area contributed by atoms with Crippen molar-refractivity contribution in [1.29, 1.82) is 0 Å². The quantitative estimate of drug-likeness (QED) is 0.435. The van der Waals surface area contributed by atoms with Gasteiger partial charge in [0.15, 0.2) is 0 Å². The van der Waals surface area contributed by atoms with Crippen LogP contribution in [0, 0.1) is 0 Å². The minimum Gasteiger partial charge on any atom is -0.547 e. The minimum absolute atomic E-state index is 0. The standard InChI is InChI=1S/C3H6O4.Zn/c4-1-2(5)3(6)7;/h2,4-5H,1H2,(H,6,7);/p-1. The molecule has 0 fully saturated rings.